The van der Waals surface area contributed by atoms with Gasteiger partial charge in [-0.05, 0) is 42.2 Å². The zero-order valence-corrected chi connectivity index (χ0v) is 18.5. The average Bonchev–Trinajstić information content (AvgIpc) is 2.79. The van der Waals surface area contributed by atoms with E-state index < -0.39 is 35.6 Å². The predicted octanol–water partition coefficient (Wildman–Crippen LogP) is 5.41. The minimum Gasteiger partial charge on any atom is -0.374 e. The van der Waals surface area contributed by atoms with Gasteiger partial charge in [0, 0.05) is 19.0 Å². The Morgan fingerprint density at radius 3 is 2.18 bits per heavy atom. The summed E-state index contributed by atoms with van der Waals surface area (Å²) in [6, 6.07) is 10.7. The Labute approximate surface area is 193 Å². The van der Waals surface area contributed by atoms with Gasteiger partial charge in [-0.2, -0.15) is 26.3 Å². The van der Waals surface area contributed by atoms with E-state index in [9.17, 15) is 31.1 Å². The molecule has 1 amide bonds. The molecule has 1 fully saturated rings. The molecule has 4 nitrogen and oxygen atoms in total. The van der Waals surface area contributed by atoms with Crippen molar-refractivity contribution in [2.75, 3.05) is 13.2 Å². The highest BCUT2D eigenvalue weighted by atomic mass is 19.4. The molecule has 0 spiro atoms. The number of ether oxygens (including phenoxy) is 1. The summed E-state index contributed by atoms with van der Waals surface area (Å²) in [4.78, 5) is 11.7. The van der Waals surface area contributed by atoms with Crippen molar-refractivity contribution in [2.24, 2.45) is 0 Å². The van der Waals surface area contributed by atoms with Crippen molar-refractivity contribution in [3.8, 4) is 0 Å². The number of halogens is 6. The first-order chi connectivity index (χ1) is 15.9. The molecule has 2 aromatic carbocycles. The summed E-state index contributed by atoms with van der Waals surface area (Å²) in [7, 11) is 0. The monoisotopic (exact) mass is 488 g/mol. The van der Waals surface area contributed by atoms with Crippen molar-refractivity contribution in [2.45, 2.75) is 56.7 Å². The van der Waals surface area contributed by atoms with Gasteiger partial charge in [0.2, 0.25) is 5.91 Å². The van der Waals surface area contributed by atoms with E-state index in [2.05, 4.69) is 10.6 Å². The van der Waals surface area contributed by atoms with Crippen LogP contribution in [-0.4, -0.2) is 25.1 Å². The predicted molar refractivity (Wildman–Crippen MR) is 114 cm³/mol. The quantitative estimate of drug-likeness (QED) is 0.512. The molecule has 2 N–H and O–H groups in total. The molecule has 1 saturated heterocycles. The number of rotatable bonds is 7. The second-order valence-electron chi connectivity index (χ2n) is 8.39. The third-order valence-corrected chi connectivity index (χ3v) is 5.88. The Hall–Kier alpha value is -2.59. The van der Waals surface area contributed by atoms with E-state index in [-0.39, 0.29) is 30.2 Å². The number of hydrogen-bond donors (Lipinski definition) is 2. The fourth-order valence-corrected chi connectivity index (χ4v) is 4.04. The van der Waals surface area contributed by atoms with Gasteiger partial charge in [0.1, 0.15) is 0 Å². The SMILES string of the molecule is CCC(=O)NC1CC[C@@](COCc2cc(C(F)(F)F)cc(C(F)(F)F)c2)(c2ccccc2)NC1. The fourth-order valence-electron chi connectivity index (χ4n) is 4.04. The molecule has 1 aliphatic rings. The summed E-state index contributed by atoms with van der Waals surface area (Å²) in [5.74, 6) is -0.0692. The van der Waals surface area contributed by atoms with E-state index in [1.807, 2.05) is 30.3 Å². The maximum Gasteiger partial charge on any atom is 0.416 e. The van der Waals surface area contributed by atoms with Crippen molar-refractivity contribution in [3.63, 3.8) is 0 Å². The standard InChI is InChI=1S/C24H26F6N2O2/c1-2-21(33)32-20-8-9-22(31-13-20,17-6-4-3-5-7-17)15-34-14-16-10-18(23(25,26)27)12-19(11-16)24(28,29)30/h3-7,10-12,20,31H,2,8-9,13-15H2,1H3,(H,32,33)/t20?,22-/m1/s1. The average molecular weight is 488 g/mol. The Kier molecular flexibility index (Phi) is 7.92. The van der Waals surface area contributed by atoms with Crippen LogP contribution in [0.15, 0.2) is 48.5 Å². The number of nitrogens with one attached hydrogen (secondary N) is 2. The maximum atomic E-state index is 13.1. The fraction of sp³-hybridized carbons (Fsp3) is 0.458. The largest absolute Gasteiger partial charge is 0.416 e. The van der Waals surface area contributed by atoms with E-state index >= 15 is 0 Å². The van der Waals surface area contributed by atoms with Gasteiger partial charge >= 0.3 is 12.4 Å². The number of alkyl halides is 6. The molecule has 1 heterocycles. The van der Waals surface area contributed by atoms with Gasteiger partial charge in [-0.3, -0.25) is 4.79 Å². The zero-order valence-electron chi connectivity index (χ0n) is 18.5. The van der Waals surface area contributed by atoms with Crippen molar-refractivity contribution >= 4 is 5.91 Å². The second kappa shape index (κ2) is 10.4. The van der Waals surface area contributed by atoms with Gasteiger partial charge in [-0.25, -0.2) is 0 Å². The molecule has 10 heteroatoms. The highest BCUT2D eigenvalue weighted by Gasteiger charge is 2.38. The molecule has 1 unspecified atom stereocenters. The Balaban J connectivity index is 1.76. The van der Waals surface area contributed by atoms with Crippen LogP contribution in [-0.2, 0) is 34.0 Å². The Morgan fingerprint density at radius 2 is 1.68 bits per heavy atom. The molecular formula is C24H26F6N2O2. The third kappa shape index (κ3) is 6.50. The summed E-state index contributed by atoms with van der Waals surface area (Å²) in [5.41, 5.74) is -2.76. The minimum absolute atomic E-state index is 0.0308. The van der Waals surface area contributed by atoms with Gasteiger partial charge in [0.05, 0.1) is 29.9 Å². The van der Waals surface area contributed by atoms with Crippen molar-refractivity contribution in [1.29, 1.82) is 0 Å². The molecule has 1 aliphatic heterocycles. The van der Waals surface area contributed by atoms with Gasteiger partial charge in [-0.1, -0.05) is 37.3 Å². The first-order valence-corrected chi connectivity index (χ1v) is 10.9. The molecular weight excluding hydrogens is 462 g/mol. The number of hydrogen-bond acceptors (Lipinski definition) is 3. The lowest BCUT2D eigenvalue weighted by molar-refractivity contribution is -0.143. The number of carbonyl (C=O) groups is 1. The summed E-state index contributed by atoms with van der Waals surface area (Å²) >= 11 is 0. The van der Waals surface area contributed by atoms with Crippen LogP contribution in [0.3, 0.4) is 0 Å². The van der Waals surface area contributed by atoms with Crippen LogP contribution in [0.25, 0.3) is 0 Å². The van der Waals surface area contributed by atoms with Crippen LogP contribution in [0, 0.1) is 0 Å². The van der Waals surface area contributed by atoms with Gasteiger partial charge < -0.3 is 15.4 Å². The van der Waals surface area contributed by atoms with Crippen LogP contribution >= 0.6 is 0 Å². The number of benzene rings is 2. The van der Waals surface area contributed by atoms with E-state index in [4.69, 9.17) is 4.74 Å². The molecule has 2 atom stereocenters. The molecule has 0 aromatic heterocycles. The molecule has 0 saturated carbocycles. The summed E-state index contributed by atoms with van der Waals surface area (Å²) in [5, 5.41) is 6.31. The molecule has 186 valence electrons. The summed E-state index contributed by atoms with van der Waals surface area (Å²) in [6.07, 6.45) is -8.27. The first-order valence-electron chi connectivity index (χ1n) is 10.9. The van der Waals surface area contributed by atoms with Gasteiger partial charge in [-0.15, -0.1) is 0 Å². The number of piperidine rings is 1. The second-order valence-corrected chi connectivity index (χ2v) is 8.39. The van der Waals surface area contributed by atoms with Gasteiger partial charge in [0.25, 0.3) is 0 Å². The lowest BCUT2D eigenvalue weighted by Gasteiger charge is -2.42. The first kappa shape index (κ1) is 26.0. The van der Waals surface area contributed by atoms with Crippen molar-refractivity contribution < 1.29 is 35.9 Å². The third-order valence-electron chi connectivity index (χ3n) is 5.88. The molecule has 0 radical (unpaired) electrons. The maximum absolute atomic E-state index is 13.1. The Morgan fingerprint density at radius 1 is 1.06 bits per heavy atom. The normalized spacial score (nSPS) is 21.3. The van der Waals surface area contributed by atoms with E-state index in [1.165, 1.54) is 0 Å². The topological polar surface area (TPSA) is 50.4 Å². The number of carbonyl (C=O) groups excluding carboxylic acids is 1. The van der Waals surface area contributed by atoms with Crippen LogP contribution in [0.2, 0.25) is 0 Å². The zero-order chi connectivity index (χ0) is 25.0. The molecule has 0 aliphatic carbocycles. The highest BCUT2D eigenvalue weighted by Crippen LogP contribution is 2.37. The van der Waals surface area contributed by atoms with Crippen molar-refractivity contribution in [3.05, 3.63) is 70.8 Å². The van der Waals surface area contributed by atoms with Crippen LogP contribution in [0.4, 0.5) is 26.3 Å². The highest BCUT2D eigenvalue weighted by molar-refractivity contribution is 5.75. The van der Waals surface area contributed by atoms with E-state index in [1.54, 1.807) is 6.92 Å². The van der Waals surface area contributed by atoms with Gasteiger partial charge in [0.15, 0.2) is 0 Å². The lowest BCUT2D eigenvalue weighted by Crippen LogP contribution is -2.57. The molecule has 2 aromatic rings. The molecule has 3 rings (SSSR count). The van der Waals surface area contributed by atoms with Crippen LogP contribution in [0.5, 0.6) is 0 Å². The lowest BCUT2D eigenvalue weighted by atomic mass is 9.81. The van der Waals surface area contributed by atoms with Crippen LogP contribution < -0.4 is 10.6 Å². The number of amides is 1. The minimum atomic E-state index is -4.91. The smallest absolute Gasteiger partial charge is 0.374 e. The van der Waals surface area contributed by atoms with Crippen molar-refractivity contribution in [1.82, 2.24) is 10.6 Å². The Bertz CT molecular complexity index is 935. The summed E-state index contributed by atoms with van der Waals surface area (Å²) in [6.45, 7) is 1.82. The van der Waals surface area contributed by atoms with E-state index in [0.29, 0.717) is 37.9 Å². The van der Waals surface area contributed by atoms with E-state index in [0.717, 1.165) is 5.56 Å². The molecule has 34 heavy (non-hydrogen) atoms. The van der Waals surface area contributed by atoms with Crippen LogP contribution in [0.1, 0.15) is 48.4 Å². The summed E-state index contributed by atoms with van der Waals surface area (Å²) < 4.78 is 84.5. The molecule has 0 bridgehead atoms.